The average Bonchev–Trinajstić information content (AvgIpc) is 3.40. The summed E-state index contributed by atoms with van der Waals surface area (Å²) < 4.78 is 2.13. The quantitative estimate of drug-likeness (QED) is 0.528. The van der Waals surface area contributed by atoms with Crippen LogP contribution in [-0.2, 0) is 17.9 Å². The number of likely N-dealkylation sites (tertiary alicyclic amines) is 1. The van der Waals surface area contributed by atoms with Crippen molar-refractivity contribution in [1.82, 2.24) is 19.7 Å². The van der Waals surface area contributed by atoms with Crippen LogP contribution in [0.25, 0.3) is 0 Å². The van der Waals surface area contributed by atoms with Crippen molar-refractivity contribution in [2.24, 2.45) is 0 Å². The zero-order valence-electron chi connectivity index (χ0n) is 16.6. The van der Waals surface area contributed by atoms with E-state index >= 15 is 0 Å². The summed E-state index contributed by atoms with van der Waals surface area (Å²) in [4.78, 5) is 14.8. The monoisotopic (exact) mass is 441 g/mol. The van der Waals surface area contributed by atoms with E-state index in [-0.39, 0.29) is 11.7 Å². The van der Waals surface area contributed by atoms with Gasteiger partial charge in [0.15, 0.2) is 5.16 Å². The maximum Gasteiger partial charge on any atom is 0.234 e. The van der Waals surface area contributed by atoms with Gasteiger partial charge in [-0.3, -0.25) is 9.69 Å². The first-order chi connectivity index (χ1) is 14.7. The summed E-state index contributed by atoms with van der Waals surface area (Å²) in [5, 5.41) is 13.1. The van der Waals surface area contributed by atoms with E-state index in [0.717, 1.165) is 36.3 Å². The third-order valence-corrected chi connectivity index (χ3v) is 6.22. The normalized spacial score (nSPS) is 14.2. The van der Waals surface area contributed by atoms with Crippen LogP contribution in [-0.4, -0.2) is 44.4 Å². The molecule has 0 radical (unpaired) electrons. The van der Waals surface area contributed by atoms with Crippen LogP contribution in [0, 0.1) is 0 Å². The molecule has 2 aromatic carbocycles. The third-order valence-electron chi connectivity index (χ3n) is 5.00. The van der Waals surface area contributed by atoms with Crippen LogP contribution in [0.2, 0.25) is 5.02 Å². The Balaban J connectivity index is 1.45. The van der Waals surface area contributed by atoms with E-state index in [1.807, 2.05) is 18.2 Å². The number of rotatable bonds is 8. The van der Waals surface area contributed by atoms with Gasteiger partial charge in [0.05, 0.1) is 18.8 Å². The summed E-state index contributed by atoms with van der Waals surface area (Å²) in [5.74, 6) is 1.12. The van der Waals surface area contributed by atoms with Crippen molar-refractivity contribution in [3.63, 3.8) is 0 Å². The molecular formula is C22H24ClN5OS. The van der Waals surface area contributed by atoms with E-state index in [1.54, 1.807) is 24.3 Å². The maximum absolute atomic E-state index is 12.4. The van der Waals surface area contributed by atoms with Crippen molar-refractivity contribution in [2.45, 2.75) is 31.1 Å². The minimum Gasteiger partial charge on any atom is -0.325 e. The molecule has 1 saturated heterocycles. The van der Waals surface area contributed by atoms with Gasteiger partial charge in [0.25, 0.3) is 0 Å². The number of benzene rings is 2. The minimum atomic E-state index is -0.0855. The summed E-state index contributed by atoms with van der Waals surface area (Å²) in [6.45, 7) is 3.68. The highest BCUT2D eigenvalue weighted by Crippen LogP contribution is 2.22. The predicted molar refractivity (Wildman–Crippen MR) is 121 cm³/mol. The van der Waals surface area contributed by atoms with Crippen LogP contribution in [0.15, 0.2) is 59.8 Å². The zero-order valence-corrected chi connectivity index (χ0v) is 18.2. The molecule has 1 aromatic heterocycles. The van der Waals surface area contributed by atoms with E-state index < -0.39 is 0 Å². The molecule has 1 aliphatic rings. The molecule has 30 heavy (non-hydrogen) atoms. The predicted octanol–water partition coefficient (Wildman–Crippen LogP) is 4.31. The molecule has 4 rings (SSSR count). The number of thioether (sulfide) groups is 1. The van der Waals surface area contributed by atoms with Gasteiger partial charge in [-0.25, -0.2) is 0 Å². The van der Waals surface area contributed by atoms with Gasteiger partial charge in [-0.2, -0.15) is 0 Å². The molecule has 1 fully saturated rings. The zero-order chi connectivity index (χ0) is 20.8. The maximum atomic E-state index is 12.4. The first-order valence-corrected chi connectivity index (χ1v) is 11.4. The number of aromatic nitrogens is 3. The second kappa shape index (κ2) is 10.1. The number of nitrogens with zero attached hydrogens (tertiary/aromatic N) is 4. The molecule has 6 nitrogen and oxygen atoms in total. The molecule has 0 unspecified atom stereocenters. The Labute approximate surface area is 185 Å². The van der Waals surface area contributed by atoms with Crippen molar-refractivity contribution in [3.8, 4) is 0 Å². The fraction of sp³-hybridized carbons (Fsp3) is 0.318. The number of carbonyl (C=O) groups excluding carboxylic acids is 1. The van der Waals surface area contributed by atoms with Gasteiger partial charge >= 0.3 is 0 Å². The standard InChI is InChI=1S/C22H24ClN5OS/c23-18-8-10-19(11-9-18)24-21(29)16-30-22-26-25-20(15-27-12-4-5-13-27)28(22)14-17-6-2-1-3-7-17/h1-3,6-11H,4-5,12-16H2,(H,24,29). The Hall–Kier alpha value is -2.35. The van der Waals surface area contributed by atoms with Gasteiger partial charge in [0.2, 0.25) is 5.91 Å². The Morgan fingerprint density at radius 3 is 2.47 bits per heavy atom. The van der Waals surface area contributed by atoms with Crippen molar-refractivity contribution < 1.29 is 4.79 Å². The van der Waals surface area contributed by atoms with E-state index in [4.69, 9.17) is 11.6 Å². The molecular weight excluding hydrogens is 418 g/mol. The number of carbonyl (C=O) groups is 1. The number of amides is 1. The second-order valence-electron chi connectivity index (χ2n) is 7.30. The highest BCUT2D eigenvalue weighted by atomic mass is 35.5. The first-order valence-electron chi connectivity index (χ1n) is 10.0. The summed E-state index contributed by atoms with van der Waals surface area (Å²) in [5.41, 5.74) is 1.91. The smallest absolute Gasteiger partial charge is 0.234 e. The number of hydrogen-bond donors (Lipinski definition) is 1. The molecule has 0 spiro atoms. The fourth-order valence-corrected chi connectivity index (χ4v) is 4.35. The molecule has 1 N–H and O–H groups in total. The second-order valence-corrected chi connectivity index (χ2v) is 8.68. The first kappa shape index (κ1) is 20.9. The average molecular weight is 442 g/mol. The van der Waals surface area contributed by atoms with Crippen LogP contribution < -0.4 is 5.32 Å². The van der Waals surface area contributed by atoms with Gasteiger partial charge < -0.3 is 9.88 Å². The molecule has 0 aliphatic carbocycles. The van der Waals surface area contributed by atoms with E-state index in [9.17, 15) is 4.79 Å². The largest absolute Gasteiger partial charge is 0.325 e. The minimum absolute atomic E-state index is 0.0855. The van der Waals surface area contributed by atoms with Crippen molar-refractivity contribution in [2.75, 3.05) is 24.2 Å². The Morgan fingerprint density at radius 1 is 1.00 bits per heavy atom. The van der Waals surface area contributed by atoms with Crippen LogP contribution in [0.3, 0.4) is 0 Å². The van der Waals surface area contributed by atoms with E-state index in [0.29, 0.717) is 11.6 Å². The van der Waals surface area contributed by atoms with Crippen LogP contribution in [0.1, 0.15) is 24.2 Å². The van der Waals surface area contributed by atoms with Crippen LogP contribution in [0.5, 0.6) is 0 Å². The number of hydrogen-bond acceptors (Lipinski definition) is 5. The van der Waals surface area contributed by atoms with Crippen molar-refractivity contribution >= 4 is 35.0 Å². The molecule has 0 atom stereocenters. The molecule has 156 valence electrons. The summed E-state index contributed by atoms with van der Waals surface area (Å²) >= 11 is 7.31. The molecule has 0 bridgehead atoms. The molecule has 1 aliphatic heterocycles. The summed E-state index contributed by atoms with van der Waals surface area (Å²) in [6.07, 6.45) is 2.47. The van der Waals surface area contributed by atoms with Crippen molar-refractivity contribution in [3.05, 3.63) is 71.0 Å². The van der Waals surface area contributed by atoms with E-state index in [1.165, 1.54) is 30.2 Å². The molecule has 2 heterocycles. The van der Waals surface area contributed by atoms with Gasteiger partial charge in [-0.05, 0) is 55.8 Å². The lowest BCUT2D eigenvalue weighted by molar-refractivity contribution is -0.113. The summed E-state index contributed by atoms with van der Waals surface area (Å²) in [7, 11) is 0. The van der Waals surface area contributed by atoms with Crippen molar-refractivity contribution in [1.29, 1.82) is 0 Å². The number of nitrogens with one attached hydrogen (secondary N) is 1. The molecule has 0 saturated carbocycles. The lowest BCUT2D eigenvalue weighted by Gasteiger charge is -2.16. The van der Waals surface area contributed by atoms with Gasteiger partial charge in [0, 0.05) is 10.7 Å². The van der Waals surface area contributed by atoms with Gasteiger partial charge in [0.1, 0.15) is 5.82 Å². The van der Waals surface area contributed by atoms with Gasteiger partial charge in [-0.1, -0.05) is 53.7 Å². The highest BCUT2D eigenvalue weighted by molar-refractivity contribution is 7.99. The van der Waals surface area contributed by atoms with E-state index in [2.05, 4.69) is 37.1 Å². The SMILES string of the molecule is O=C(CSc1nnc(CN2CCCC2)n1Cc1ccccc1)Nc1ccc(Cl)cc1. The Morgan fingerprint density at radius 2 is 1.73 bits per heavy atom. The van der Waals surface area contributed by atoms with Crippen LogP contribution in [0.4, 0.5) is 5.69 Å². The van der Waals surface area contributed by atoms with Gasteiger partial charge in [-0.15, -0.1) is 10.2 Å². The van der Waals surface area contributed by atoms with Crippen LogP contribution >= 0.6 is 23.4 Å². The number of halogens is 1. The summed E-state index contributed by atoms with van der Waals surface area (Å²) in [6, 6.07) is 17.4. The lowest BCUT2D eigenvalue weighted by Crippen LogP contribution is -2.22. The molecule has 1 amide bonds. The topological polar surface area (TPSA) is 63.1 Å². The third kappa shape index (κ3) is 5.62. The number of anilines is 1. The lowest BCUT2D eigenvalue weighted by atomic mass is 10.2. The Bertz CT molecular complexity index is 971. The molecule has 8 heteroatoms. The highest BCUT2D eigenvalue weighted by Gasteiger charge is 2.19. The molecule has 3 aromatic rings. The Kier molecular flexibility index (Phi) is 7.04. The fourth-order valence-electron chi connectivity index (χ4n) is 3.47.